The van der Waals surface area contributed by atoms with Crippen molar-refractivity contribution in [2.45, 2.75) is 25.6 Å². The fourth-order valence-corrected chi connectivity index (χ4v) is 3.71. The first-order valence-electron chi connectivity index (χ1n) is 6.66. The van der Waals surface area contributed by atoms with Gasteiger partial charge in [-0.3, -0.25) is 4.79 Å². The van der Waals surface area contributed by atoms with Gasteiger partial charge in [0.15, 0.2) is 0 Å². The molecule has 11 heteroatoms. The second kappa shape index (κ2) is 6.75. The first-order valence-corrected chi connectivity index (χ1v) is 9.05. The number of thiophene rings is 1. The van der Waals surface area contributed by atoms with Gasteiger partial charge in [-0.05, 0) is 24.3 Å². The quantitative estimate of drug-likeness (QED) is 0.815. The van der Waals surface area contributed by atoms with Crippen molar-refractivity contribution in [2.24, 2.45) is 11.1 Å². The molecule has 1 aromatic rings. The first-order chi connectivity index (χ1) is 10.6. The van der Waals surface area contributed by atoms with E-state index in [4.69, 9.17) is 9.88 Å². The summed E-state index contributed by atoms with van der Waals surface area (Å²) in [4.78, 5) is 11.1. The molecule has 2 heterocycles. The smallest absolute Gasteiger partial charge is 0.425 e. The number of hydrogen-bond acceptors (Lipinski definition) is 5. The Bertz CT molecular complexity index is 664. The molecule has 1 aliphatic heterocycles. The zero-order valence-corrected chi connectivity index (χ0v) is 13.5. The standard InChI is InChI=1S/C12H15F3N2O4S2/c13-12(14,15)10-5-8(7-22-10)6-21-11(18)9-1-3-17(4-2-9)23(16,19)20/h5,7,9H,1-4,6H2,(H2,16,19,20). The van der Waals surface area contributed by atoms with E-state index in [1.54, 1.807) is 0 Å². The van der Waals surface area contributed by atoms with Crippen LogP contribution in [0.15, 0.2) is 11.4 Å². The van der Waals surface area contributed by atoms with E-state index in [0.29, 0.717) is 11.3 Å². The van der Waals surface area contributed by atoms with E-state index < -0.39 is 33.1 Å². The number of halogens is 3. The highest BCUT2D eigenvalue weighted by atomic mass is 32.2. The second-order valence-corrected chi connectivity index (χ2v) is 7.60. The van der Waals surface area contributed by atoms with Crippen LogP contribution in [0.2, 0.25) is 0 Å². The maximum atomic E-state index is 12.5. The normalized spacial score (nSPS) is 18.1. The van der Waals surface area contributed by atoms with Crippen LogP contribution in [0.3, 0.4) is 0 Å². The number of carbonyl (C=O) groups is 1. The molecule has 23 heavy (non-hydrogen) atoms. The summed E-state index contributed by atoms with van der Waals surface area (Å²) in [6.07, 6.45) is -3.87. The molecular formula is C12H15F3N2O4S2. The average Bonchev–Trinajstić information content (AvgIpc) is 2.93. The Hall–Kier alpha value is -1.17. The van der Waals surface area contributed by atoms with Crippen LogP contribution >= 0.6 is 11.3 Å². The molecule has 0 atom stereocenters. The molecule has 0 spiro atoms. The average molecular weight is 372 g/mol. The summed E-state index contributed by atoms with van der Waals surface area (Å²) in [5, 5.41) is 6.29. The minimum absolute atomic E-state index is 0.120. The van der Waals surface area contributed by atoms with E-state index >= 15 is 0 Å². The molecule has 0 amide bonds. The molecule has 2 rings (SSSR count). The fourth-order valence-electron chi connectivity index (χ4n) is 2.22. The molecule has 0 radical (unpaired) electrons. The number of carbonyl (C=O) groups excluding carboxylic acids is 1. The van der Waals surface area contributed by atoms with Crippen molar-refractivity contribution in [3.8, 4) is 0 Å². The number of nitrogens with two attached hydrogens (primary N) is 1. The first kappa shape index (κ1) is 18.2. The maximum absolute atomic E-state index is 12.5. The number of rotatable bonds is 4. The Labute approximate surface area is 135 Å². The monoisotopic (exact) mass is 372 g/mol. The van der Waals surface area contributed by atoms with Crippen molar-refractivity contribution < 1.29 is 31.1 Å². The number of alkyl halides is 3. The summed E-state index contributed by atoms with van der Waals surface area (Å²) in [7, 11) is -3.77. The highest BCUT2D eigenvalue weighted by molar-refractivity contribution is 7.86. The van der Waals surface area contributed by atoms with Gasteiger partial charge in [-0.1, -0.05) is 0 Å². The molecule has 1 saturated heterocycles. The molecule has 0 bridgehead atoms. The summed E-state index contributed by atoms with van der Waals surface area (Å²) < 4.78 is 65.8. The van der Waals surface area contributed by atoms with Crippen LogP contribution in [0, 0.1) is 5.92 Å². The van der Waals surface area contributed by atoms with Crippen LogP contribution in [-0.4, -0.2) is 31.8 Å². The maximum Gasteiger partial charge on any atom is 0.425 e. The molecule has 0 aliphatic carbocycles. The zero-order valence-electron chi connectivity index (χ0n) is 11.9. The number of piperidine rings is 1. The lowest BCUT2D eigenvalue weighted by molar-refractivity contribution is -0.151. The zero-order chi connectivity index (χ0) is 17.3. The summed E-state index contributed by atoms with van der Waals surface area (Å²) in [5.41, 5.74) is 0.276. The Kier molecular flexibility index (Phi) is 5.33. The third-order valence-electron chi connectivity index (χ3n) is 3.46. The van der Waals surface area contributed by atoms with Crippen LogP contribution in [0.4, 0.5) is 13.2 Å². The Morgan fingerprint density at radius 2 is 2.00 bits per heavy atom. The Morgan fingerprint density at radius 3 is 2.48 bits per heavy atom. The van der Waals surface area contributed by atoms with Crippen molar-refractivity contribution in [3.63, 3.8) is 0 Å². The minimum atomic E-state index is -4.41. The predicted molar refractivity (Wildman–Crippen MR) is 76.5 cm³/mol. The lowest BCUT2D eigenvalue weighted by atomic mass is 9.98. The van der Waals surface area contributed by atoms with Gasteiger partial charge in [-0.25, -0.2) is 5.14 Å². The Morgan fingerprint density at radius 1 is 1.39 bits per heavy atom. The van der Waals surface area contributed by atoms with Crippen LogP contribution in [0.5, 0.6) is 0 Å². The molecule has 1 fully saturated rings. The molecule has 1 aliphatic rings. The third kappa shape index (κ3) is 4.90. The molecule has 0 saturated carbocycles. The predicted octanol–water partition coefficient (Wildman–Crippen LogP) is 1.73. The van der Waals surface area contributed by atoms with Crippen LogP contribution in [0.1, 0.15) is 23.3 Å². The van der Waals surface area contributed by atoms with Crippen LogP contribution in [-0.2, 0) is 32.5 Å². The van der Waals surface area contributed by atoms with Crippen molar-refractivity contribution in [1.29, 1.82) is 0 Å². The van der Waals surface area contributed by atoms with E-state index in [0.717, 1.165) is 10.4 Å². The summed E-state index contributed by atoms with van der Waals surface area (Å²) in [6.45, 7) is 0.00532. The fraction of sp³-hybridized carbons (Fsp3) is 0.583. The van der Waals surface area contributed by atoms with Gasteiger partial charge in [0, 0.05) is 18.7 Å². The van der Waals surface area contributed by atoms with E-state index in [1.807, 2.05) is 0 Å². The highest BCUT2D eigenvalue weighted by Crippen LogP contribution is 2.34. The number of hydrogen-bond donors (Lipinski definition) is 1. The van der Waals surface area contributed by atoms with E-state index in [2.05, 4.69) is 0 Å². The number of nitrogens with zero attached hydrogens (tertiary/aromatic N) is 1. The lowest BCUT2D eigenvalue weighted by Crippen LogP contribution is -2.43. The third-order valence-corrected chi connectivity index (χ3v) is 5.57. The summed E-state index contributed by atoms with van der Waals surface area (Å²) >= 11 is 0.543. The van der Waals surface area contributed by atoms with Gasteiger partial charge >= 0.3 is 12.1 Å². The molecule has 0 aromatic carbocycles. The Balaban J connectivity index is 1.83. The molecule has 2 N–H and O–H groups in total. The van der Waals surface area contributed by atoms with Gasteiger partial charge in [-0.2, -0.15) is 25.9 Å². The van der Waals surface area contributed by atoms with Crippen LogP contribution < -0.4 is 5.14 Å². The SMILES string of the molecule is NS(=O)(=O)N1CCC(C(=O)OCc2csc(C(F)(F)F)c2)CC1. The highest BCUT2D eigenvalue weighted by Gasteiger charge is 2.33. The van der Waals surface area contributed by atoms with E-state index in [9.17, 15) is 26.4 Å². The summed E-state index contributed by atoms with van der Waals surface area (Å²) in [5.74, 6) is -1.02. The molecule has 0 unspecified atom stereocenters. The van der Waals surface area contributed by atoms with E-state index in [1.165, 1.54) is 5.38 Å². The van der Waals surface area contributed by atoms with Gasteiger partial charge in [0.25, 0.3) is 10.2 Å². The molecular weight excluding hydrogens is 357 g/mol. The lowest BCUT2D eigenvalue weighted by Gasteiger charge is -2.28. The van der Waals surface area contributed by atoms with Crippen molar-refractivity contribution in [3.05, 3.63) is 21.9 Å². The van der Waals surface area contributed by atoms with E-state index in [-0.39, 0.29) is 38.1 Å². The number of esters is 1. The molecule has 6 nitrogen and oxygen atoms in total. The number of ether oxygens (including phenoxy) is 1. The summed E-state index contributed by atoms with van der Waals surface area (Å²) in [6, 6.07) is 0.946. The van der Waals surface area contributed by atoms with Crippen molar-refractivity contribution >= 4 is 27.5 Å². The molecule has 1 aromatic heterocycles. The van der Waals surface area contributed by atoms with Gasteiger partial charge in [0.1, 0.15) is 11.5 Å². The topological polar surface area (TPSA) is 89.7 Å². The van der Waals surface area contributed by atoms with Crippen molar-refractivity contribution in [2.75, 3.05) is 13.1 Å². The molecule has 130 valence electrons. The van der Waals surface area contributed by atoms with Gasteiger partial charge in [0.2, 0.25) is 0 Å². The second-order valence-electron chi connectivity index (χ2n) is 5.14. The largest absolute Gasteiger partial charge is 0.461 e. The van der Waals surface area contributed by atoms with Gasteiger partial charge in [0.05, 0.1) is 5.92 Å². The van der Waals surface area contributed by atoms with Gasteiger partial charge in [-0.15, -0.1) is 11.3 Å². The van der Waals surface area contributed by atoms with Gasteiger partial charge < -0.3 is 4.74 Å². The van der Waals surface area contributed by atoms with Crippen molar-refractivity contribution in [1.82, 2.24) is 4.31 Å². The van der Waals surface area contributed by atoms with Crippen LogP contribution in [0.25, 0.3) is 0 Å². The minimum Gasteiger partial charge on any atom is -0.461 e.